The molecule has 1 fully saturated rings. The Morgan fingerprint density at radius 1 is 1.27 bits per heavy atom. The Hall–Kier alpha value is -0.0800. The van der Waals surface area contributed by atoms with E-state index in [9.17, 15) is 0 Å². The van der Waals surface area contributed by atoms with E-state index < -0.39 is 0 Å². The van der Waals surface area contributed by atoms with Crippen LogP contribution in [0.15, 0.2) is 0 Å². The van der Waals surface area contributed by atoms with E-state index in [0.717, 1.165) is 24.4 Å². The van der Waals surface area contributed by atoms with Crippen LogP contribution in [0.3, 0.4) is 0 Å². The summed E-state index contributed by atoms with van der Waals surface area (Å²) >= 11 is 0. The van der Waals surface area contributed by atoms with E-state index in [1.807, 2.05) is 0 Å². The molecule has 0 bridgehead atoms. The first kappa shape index (κ1) is 13.0. The van der Waals surface area contributed by atoms with Gasteiger partial charge in [-0.2, -0.15) is 0 Å². The van der Waals surface area contributed by atoms with Gasteiger partial charge in [0.1, 0.15) is 0 Å². The summed E-state index contributed by atoms with van der Waals surface area (Å²) in [5.74, 6) is 1.71. The fraction of sp³-hybridized carbons (Fsp3) is 1.00. The van der Waals surface area contributed by atoms with Gasteiger partial charge in [-0.05, 0) is 38.6 Å². The van der Waals surface area contributed by atoms with Gasteiger partial charge in [0.2, 0.25) is 0 Å². The number of hydrogen-bond donors (Lipinski definition) is 1. The van der Waals surface area contributed by atoms with Gasteiger partial charge in [-0.15, -0.1) is 0 Å². The largest absolute Gasteiger partial charge is 0.329 e. The van der Waals surface area contributed by atoms with Crippen molar-refractivity contribution in [3.8, 4) is 0 Å². The van der Waals surface area contributed by atoms with Gasteiger partial charge in [0.05, 0.1) is 0 Å². The lowest BCUT2D eigenvalue weighted by Gasteiger charge is -2.37. The van der Waals surface area contributed by atoms with Crippen LogP contribution in [0, 0.1) is 11.8 Å². The molecule has 2 N–H and O–H groups in total. The Morgan fingerprint density at radius 3 is 2.13 bits per heavy atom. The van der Waals surface area contributed by atoms with Gasteiger partial charge in [-0.25, -0.2) is 0 Å². The van der Waals surface area contributed by atoms with Crippen LogP contribution >= 0.6 is 0 Å². The van der Waals surface area contributed by atoms with E-state index in [-0.39, 0.29) is 0 Å². The lowest BCUT2D eigenvalue weighted by atomic mass is 9.92. The Bertz CT molecular complexity index is 173. The lowest BCUT2D eigenvalue weighted by Crippen LogP contribution is -2.48. The minimum absolute atomic E-state index is 0.579. The Morgan fingerprint density at radius 2 is 1.80 bits per heavy atom. The molecular formula is C13H28N2. The van der Waals surface area contributed by atoms with Crippen LogP contribution in [0.25, 0.3) is 0 Å². The summed E-state index contributed by atoms with van der Waals surface area (Å²) in [6.45, 7) is 7.74. The second-order valence-electron chi connectivity index (χ2n) is 5.12. The predicted molar refractivity (Wildman–Crippen MR) is 66.9 cm³/mol. The van der Waals surface area contributed by atoms with Crippen molar-refractivity contribution in [3.05, 3.63) is 0 Å². The standard InChI is InChI=1S/C13H28N2/c1-5-11(6-2)13(9-14)15(4)10(3)12-7-8-12/h10-13H,5-9,14H2,1-4H3. The van der Waals surface area contributed by atoms with Gasteiger partial charge >= 0.3 is 0 Å². The third-order valence-corrected chi connectivity index (χ3v) is 4.30. The van der Waals surface area contributed by atoms with Crippen molar-refractivity contribution in [1.29, 1.82) is 0 Å². The summed E-state index contributed by atoms with van der Waals surface area (Å²) in [5, 5.41) is 0. The molecule has 0 radical (unpaired) electrons. The number of nitrogens with two attached hydrogens (primary N) is 1. The highest BCUT2D eigenvalue weighted by Crippen LogP contribution is 2.36. The fourth-order valence-electron chi connectivity index (χ4n) is 2.74. The van der Waals surface area contributed by atoms with Gasteiger partial charge in [0, 0.05) is 18.6 Å². The van der Waals surface area contributed by atoms with Crippen molar-refractivity contribution in [3.63, 3.8) is 0 Å². The van der Waals surface area contributed by atoms with E-state index in [0.29, 0.717) is 6.04 Å². The highest BCUT2D eigenvalue weighted by molar-refractivity contribution is 4.88. The SMILES string of the molecule is CCC(CC)C(CN)N(C)C(C)C1CC1. The molecule has 0 amide bonds. The molecular weight excluding hydrogens is 184 g/mol. The van der Waals surface area contributed by atoms with E-state index in [4.69, 9.17) is 5.73 Å². The summed E-state index contributed by atoms with van der Waals surface area (Å²) in [6, 6.07) is 1.30. The molecule has 15 heavy (non-hydrogen) atoms. The molecule has 2 atom stereocenters. The normalized spacial score (nSPS) is 21.0. The molecule has 0 spiro atoms. The van der Waals surface area contributed by atoms with Crippen molar-refractivity contribution >= 4 is 0 Å². The van der Waals surface area contributed by atoms with Crippen LogP contribution < -0.4 is 5.73 Å². The zero-order chi connectivity index (χ0) is 11.4. The fourth-order valence-corrected chi connectivity index (χ4v) is 2.74. The van der Waals surface area contributed by atoms with Crippen LogP contribution in [0.5, 0.6) is 0 Å². The monoisotopic (exact) mass is 212 g/mol. The molecule has 2 heteroatoms. The summed E-state index contributed by atoms with van der Waals surface area (Å²) in [7, 11) is 2.26. The van der Waals surface area contributed by atoms with Crippen molar-refractivity contribution < 1.29 is 0 Å². The Labute approximate surface area is 95.2 Å². The highest BCUT2D eigenvalue weighted by atomic mass is 15.2. The van der Waals surface area contributed by atoms with Gasteiger partial charge in [-0.1, -0.05) is 26.7 Å². The van der Waals surface area contributed by atoms with Crippen LogP contribution in [0.2, 0.25) is 0 Å². The van der Waals surface area contributed by atoms with Crippen molar-refractivity contribution in [2.45, 2.75) is 58.5 Å². The highest BCUT2D eigenvalue weighted by Gasteiger charge is 2.34. The molecule has 0 aliphatic heterocycles. The van der Waals surface area contributed by atoms with Crippen molar-refractivity contribution in [1.82, 2.24) is 4.90 Å². The maximum absolute atomic E-state index is 5.94. The first-order valence-corrected chi connectivity index (χ1v) is 6.57. The van der Waals surface area contributed by atoms with Gasteiger partial charge in [0.15, 0.2) is 0 Å². The van der Waals surface area contributed by atoms with Crippen LogP contribution in [-0.4, -0.2) is 30.6 Å². The number of rotatable bonds is 7. The van der Waals surface area contributed by atoms with E-state index in [1.54, 1.807) is 0 Å². The summed E-state index contributed by atoms with van der Waals surface area (Å²) < 4.78 is 0. The second-order valence-corrected chi connectivity index (χ2v) is 5.12. The number of nitrogens with zero attached hydrogens (tertiary/aromatic N) is 1. The number of hydrogen-bond acceptors (Lipinski definition) is 2. The van der Waals surface area contributed by atoms with Gasteiger partial charge < -0.3 is 5.73 Å². The molecule has 2 unspecified atom stereocenters. The molecule has 1 rings (SSSR count). The lowest BCUT2D eigenvalue weighted by molar-refractivity contribution is 0.118. The molecule has 1 aliphatic carbocycles. The number of likely N-dealkylation sites (N-methyl/N-ethyl adjacent to an activating group) is 1. The van der Waals surface area contributed by atoms with Crippen LogP contribution in [0.1, 0.15) is 46.5 Å². The van der Waals surface area contributed by atoms with Crippen LogP contribution in [-0.2, 0) is 0 Å². The quantitative estimate of drug-likeness (QED) is 0.702. The maximum atomic E-state index is 5.94. The molecule has 0 saturated heterocycles. The molecule has 90 valence electrons. The summed E-state index contributed by atoms with van der Waals surface area (Å²) in [4.78, 5) is 2.54. The molecule has 0 aromatic carbocycles. The molecule has 1 saturated carbocycles. The second kappa shape index (κ2) is 5.86. The zero-order valence-electron chi connectivity index (χ0n) is 10.9. The van der Waals surface area contributed by atoms with Gasteiger partial charge in [0.25, 0.3) is 0 Å². The predicted octanol–water partition coefficient (Wildman–Crippen LogP) is 2.48. The third kappa shape index (κ3) is 3.18. The summed E-state index contributed by atoms with van der Waals surface area (Å²) in [5.41, 5.74) is 5.94. The Kier molecular flexibility index (Phi) is 5.07. The summed E-state index contributed by atoms with van der Waals surface area (Å²) in [6.07, 6.45) is 5.34. The van der Waals surface area contributed by atoms with Crippen molar-refractivity contribution in [2.24, 2.45) is 17.6 Å². The van der Waals surface area contributed by atoms with E-state index >= 15 is 0 Å². The minimum Gasteiger partial charge on any atom is -0.329 e. The smallest absolute Gasteiger partial charge is 0.0246 e. The van der Waals surface area contributed by atoms with E-state index in [1.165, 1.54) is 25.7 Å². The molecule has 0 aromatic rings. The maximum Gasteiger partial charge on any atom is 0.0246 e. The first-order valence-electron chi connectivity index (χ1n) is 6.57. The zero-order valence-corrected chi connectivity index (χ0v) is 10.9. The molecule has 0 heterocycles. The first-order chi connectivity index (χ1) is 7.15. The average molecular weight is 212 g/mol. The van der Waals surface area contributed by atoms with E-state index in [2.05, 4.69) is 32.7 Å². The minimum atomic E-state index is 0.579. The Balaban J connectivity index is 2.54. The molecule has 1 aliphatic rings. The van der Waals surface area contributed by atoms with Crippen molar-refractivity contribution in [2.75, 3.05) is 13.6 Å². The topological polar surface area (TPSA) is 29.3 Å². The third-order valence-electron chi connectivity index (χ3n) is 4.30. The van der Waals surface area contributed by atoms with Crippen LogP contribution in [0.4, 0.5) is 0 Å². The average Bonchev–Trinajstić information content (AvgIpc) is 3.07. The molecule has 2 nitrogen and oxygen atoms in total. The molecule has 0 aromatic heterocycles. The van der Waals surface area contributed by atoms with Gasteiger partial charge in [-0.3, -0.25) is 4.90 Å².